The first-order valence-corrected chi connectivity index (χ1v) is 6.62. The molecule has 0 amide bonds. The van der Waals surface area contributed by atoms with Gasteiger partial charge < -0.3 is 20.1 Å². The third-order valence-electron chi connectivity index (χ3n) is 2.58. The van der Waals surface area contributed by atoms with E-state index in [0.717, 1.165) is 30.4 Å². The van der Waals surface area contributed by atoms with E-state index in [1.54, 1.807) is 20.2 Å². The molecule has 0 spiro atoms. The predicted molar refractivity (Wildman–Crippen MR) is 82.7 cm³/mol. The molecule has 110 valence electrons. The predicted octanol–water partition coefficient (Wildman–Crippen LogP) is 1.82. The first-order chi connectivity index (χ1) is 9.80. The molecular weight excluding hydrogens is 254 g/mol. The van der Waals surface area contributed by atoms with Crippen molar-refractivity contribution >= 4 is 5.96 Å². The summed E-state index contributed by atoms with van der Waals surface area (Å²) in [6, 6.07) is 7.57. The molecule has 0 atom stereocenters. The third-order valence-corrected chi connectivity index (χ3v) is 2.58. The number of methoxy groups -OCH3 is 1. The molecule has 0 heterocycles. The van der Waals surface area contributed by atoms with Crippen LogP contribution in [0.2, 0.25) is 0 Å². The fourth-order valence-corrected chi connectivity index (χ4v) is 1.53. The van der Waals surface area contributed by atoms with Crippen LogP contribution in [0.3, 0.4) is 0 Å². The summed E-state index contributed by atoms with van der Waals surface area (Å²) in [6.45, 7) is 5.79. The maximum absolute atomic E-state index is 5.63. The van der Waals surface area contributed by atoms with Crippen LogP contribution in [-0.4, -0.2) is 39.8 Å². The molecule has 0 unspecified atom stereocenters. The van der Waals surface area contributed by atoms with E-state index in [2.05, 4.69) is 22.2 Å². The van der Waals surface area contributed by atoms with Crippen LogP contribution in [0.25, 0.3) is 0 Å². The lowest BCUT2D eigenvalue weighted by Gasteiger charge is -2.11. The van der Waals surface area contributed by atoms with Crippen molar-refractivity contribution < 1.29 is 9.47 Å². The number of hydrogen-bond donors (Lipinski definition) is 2. The second-order valence-corrected chi connectivity index (χ2v) is 4.05. The fraction of sp³-hybridized carbons (Fsp3) is 0.400. The van der Waals surface area contributed by atoms with Crippen LogP contribution in [0.15, 0.2) is 41.9 Å². The van der Waals surface area contributed by atoms with Crippen molar-refractivity contribution in [3.8, 4) is 11.5 Å². The fourth-order valence-electron chi connectivity index (χ4n) is 1.53. The number of rotatable bonds is 8. The van der Waals surface area contributed by atoms with Crippen molar-refractivity contribution in [1.29, 1.82) is 0 Å². The van der Waals surface area contributed by atoms with Crippen LogP contribution in [0.1, 0.15) is 6.42 Å². The summed E-state index contributed by atoms with van der Waals surface area (Å²) < 4.78 is 10.7. The van der Waals surface area contributed by atoms with Gasteiger partial charge in [-0.3, -0.25) is 4.99 Å². The van der Waals surface area contributed by atoms with Crippen molar-refractivity contribution in [1.82, 2.24) is 10.6 Å². The van der Waals surface area contributed by atoms with E-state index in [4.69, 9.17) is 9.47 Å². The largest absolute Gasteiger partial charge is 0.497 e. The maximum atomic E-state index is 5.63. The van der Waals surface area contributed by atoms with Gasteiger partial charge in [0, 0.05) is 20.1 Å². The van der Waals surface area contributed by atoms with Crippen LogP contribution in [-0.2, 0) is 0 Å². The minimum Gasteiger partial charge on any atom is -0.497 e. The molecule has 20 heavy (non-hydrogen) atoms. The highest BCUT2D eigenvalue weighted by molar-refractivity contribution is 5.79. The van der Waals surface area contributed by atoms with E-state index >= 15 is 0 Å². The number of hydrogen-bond acceptors (Lipinski definition) is 3. The normalized spacial score (nSPS) is 10.8. The Hall–Kier alpha value is -2.17. The summed E-state index contributed by atoms with van der Waals surface area (Å²) in [4.78, 5) is 4.09. The Morgan fingerprint density at radius 3 is 2.55 bits per heavy atom. The number of ether oxygens (including phenoxy) is 2. The van der Waals surface area contributed by atoms with Gasteiger partial charge in [0.25, 0.3) is 0 Å². The summed E-state index contributed by atoms with van der Waals surface area (Å²) in [5.74, 6) is 2.45. The monoisotopic (exact) mass is 277 g/mol. The zero-order valence-electron chi connectivity index (χ0n) is 12.2. The highest BCUT2D eigenvalue weighted by Gasteiger charge is 1.97. The first-order valence-electron chi connectivity index (χ1n) is 6.62. The van der Waals surface area contributed by atoms with E-state index in [1.165, 1.54) is 0 Å². The van der Waals surface area contributed by atoms with Gasteiger partial charge in [0.05, 0.1) is 13.7 Å². The molecular formula is C15H23N3O2. The zero-order chi connectivity index (χ0) is 14.6. The van der Waals surface area contributed by atoms with Gasteiger partial charge in [-0.25, -0.2) is 0 Å². The van der Waals surface area contributed by atoms with E-state index in [-0.39, 0.29) is 0 Å². The van der Waals surface area contributed by atoms with Crippen molar-refractivity contribution in [3.63, 3.8) is 0 Å². The minimum atomic E-state index is 0.651. The summed E-state index contributed by atoms with van der Waals surface area (Å²) in [5.41, 5.74) is 0. The maximum Gasteiger partial charge on any atom is 0.191 e. The summed E-state index contributed by atoms with van der Waals surface area (Å²) in [5, 5.41) is 6.31. The molecule has 0 bridgehead atoms. The van der Waals surface area contributed by atoms with Gasteiger partial charge >= 0.3 is 0 Å². The number of benzene rings is 1. The smallest absolute Gasteiger partial charge is 0.191 e. The highest BCUT2D eigenvalue weighted by Crippen LogP contribution is 2.16. The lowest BCUT2D eigenvalue weighted by atomic mass is 10.3. The summed E-state index contributed by atoms with van der Waals surface area (Å²) >= 11 is 0. The van der Waals surface area contributed by atoms with Crippen molar-refractivity contribution in [2.45, 2.75) is 6.42 Å². The molecule has 0 aromatic heterocycles. The summed E-state index contributed by atoms with van der Waals surface area (Å²) in [7, 11) is 3.39. The van der Waals surface area contributed by atoms with Gasteiger partial charge in [-0.05, 0) is 30.7 Å². The molecule has 0 aliphatic heterocycles. The van der Waals surface area contributed by atoms with Crippen molar-refractivity contribution in [2.75, 3.05) is 33.9 Å². The number of nitrogens with one attached hydrogen (secondary N) is 2. The van der Waals surface area contributed by atoms with Crippen molar-refractivity contribution in [3.05, 3.63) is 36.9 Å². The molecule has 0 aliphatic carbocycles. The Morgan fingerprint density at radius 1 is 1.25 bits per heavy atom. The summed E-state index contributed by atoms with van der Waals surface area (Å²) in [6.07, 6.45) is 2.68. The molecule has 0 saturated carbocycles. The Balaban J connectivity index is 2.16. The molecule has 5 heteroatoms. The third kappa shape index (κ3) is 6.13. The Bertz CT molecular complexity index is 416. The molecule has 1 aromatic carbocycles. The average Bonchev–Trinajstić information content (AvgIpc) is 2.50. The van der Waals surface area contributed by atoms with Crippen LogP contribution in [0.4, 0.5) is 0 Å². The molecule has 0 saturated heterocycles. The Kier molecular flexibility index (Phi) is 7.72. The van der Waals surface area contributed by atoms with Gasteiger partial charge in [0.2, 0.25) is 0 Å². The standard InChI is InChI=1S/C15H23N3O2/c1-4-10-17-15(16-2)18-11-5-12-20-14-8-6-13(19-3)7-9-14/h4,6-9H,1,5,10-12H2,2-3H3,(H2,16,17,18). The highest BCUT2D eigenvalue weighted by atomic mass is 16.5. The quantitative estimate of drug-likeness (QED) is 0.329. The lowest BCUT2D eigenvalue weighted by Crippen LogP contribution is -2.38. The van der Waals surface area contributed by atoms with Gasteiger partial charge in [-0.1, -0.05) is 6.08 Å². The van der Waals surface area contributed by atoms with E-state index in [9.17, 15) is 0 Å². The topological polar surface area (TPSA) is 54.9 Å². The second kappa shape index (κ2) is 9.72. The van der Waals surface area contributed by atoms with Crippen LogP contribution < -0.4 is 20.1 Å². The molecule has 0 aliphatic rings. The molecule has 0 fully saturated rings. The zero-order valence-corrected chi connectivity index (χ0v) is 12.2. The van der Waals surface area contributed by atoms with Gasteiger partial charge in [0.15, 0.2) is 5.96 Å². The SMILES string of the molecule is C=CCNC(=NC)NCCCOc1ccc(OC)cc1. The lowest BCUT2D eigenvalue weighted by molar-refractivity contribution is 0.310. The minimum absolute atomic E-state index is 0.651. The van der Waals surface area contributed by atoms with Gasteiger partial charge in [-0.15, -0.1) is 6.58 Å². The van der Waals surface area contributed by atoms with Crippen LogP contribution in [0, 0.1) is 0 Å². The first kappa shape index (κ1) is 15.9. The van der Waals surface area contributed by atoms with Gasteiger partial charge in [-0.2, -0.15) is 0 Å². The van der Waals surface area contributed by atoms with E-state index in [0.29, 0.717) is 13.2 Å². The molecule has 0 radical (unpaired) electrons. The Morgan fingerprint density at radius 2 is 1.95 bits per heavy atom. The molecule has 2 N–H and O–H groups in total. The van der Waals surface area contributed by atoms with E-state index < -0.39 is 0 Å². The number of nitrogens with zero attached hydrogens (tertiary/aromatic N) is 1. The van der Waals surface area contributed by atoms with Crippen LogP contribution in [0.5, 0.6) is 11.5 Å². The van der Waals surface area contributed by atoms with Crippen LogP contribution >= 0.6 is 0 Å². The Labute approximate surface area is 120 Å². The number of guanidine groups is 1. The second-order valence-electron chi connectivity index (χ2n) is 4.05. The van der Waals surface area contributed by atoms with Crippen molar-refractivity contribution in [2.24, 2.45) is 4.99 Å². The number of aliphatic imine (C=N–C) groups is 1. The van der Waals surface area contributed by atoms with Gasteiger partial charge in [0.1, 0.15) is 11.5 Å². The van der Waals surface area contributed by atoms with E-state index in [1.807, 2.05) is 24.3 Å². The molecule has 1 aromatic rings. The molecule has 5 nitrogen and oxygen atoms in total. The average molecular weight is 277 g/mol. The molecule has 1 rings (SSSR count).